The molecule has 0 spiro atoms. The minimum Gasteiger partial charge on any atom is -0.366 e. The van der Waals surface area contributed by atoms with Crippen LogP contribution in [-0.2, 0) is 13.0 Å². The summed E-state index contributed by atoms with van der Waals surface area (Å²) in [7, 11) is 0. The third-order valence-electron chi connectivity index (χ3n) is 4.39. The lowest BCUT2D eigenvalue weighted by molar-refractivity contribution is 0.0999. The maximum absolute atomic E-state index is 11.7. The van der Waals surface area contributed by atoms with Crippen molar-refractivity contribution in [2.24, 2.45) is 5.73 Å². The number of aromatic nitrogens is 1. The van der Waals surface area contributed by atoms with Crippen molar-refractivity contribution >= 4 is 5.91 Å². The summed E-state index contributed by atoms with van der Waals surface area (Å²) in [5.74, 6) is -0.369. The van der Waals surface area contributed by atoms with Crippen LogP contribution in [0.5, 0.6) is 0 Å². The van der Waals surface area contributed by atoms with Crippen LogP contribution in [0.2, 0.25) is 0 Å². The summed E-state index contributed by atoms with van der Waals surface area (Å²) in [5, 5.41) is 0. The minimum atomic E-state index is -0.369. The summed E-state index contributed by atoms with van der Waals surface area (Å²) in [5.41, 5.74) is 10.6. The highest BCUT2D eigenvalue weighted by Gasteiger charge is 2.16. The fourth-order valence-corrected chi connectivity index (χ4v) is 3.12. The van der Waals surface area contributed by atoms with E-state index in [0.29, 0.717) is 5.56 Å². The van der Waals surface area contributed by atoms with Crippen LogP contribution in [0.15, 0.2) is 66.7 Å². The molecule has 1 heterocycles. The number of hydrogen-bond donors (Lipinski definition) is 1. The van der Waals surface area contributed by atoms with Gasteiger partial charge in [0.05, 0.1) is 5.56 Å². The van der Waals surface area contributed by atoms with Gasteiger partial charge in [-0.1, -0.05) is 60.7 Å². The molecule has 2 aromatic carbocycles. The molecule has 0 radical (unpaired) electrons. The van der Waals surface area contributed by atoms with Crippen molar-refractivity contribution in [1.29, 1.82) is 0 Å². The Morgan fingerprint density at radius 2 is 1.62 bits per heavy atom. The van der Waals surface area contributed by atoms with E-state index in [-0.39, 0.29) is 5.91 Å². The zero-order valence-electron chi connectivity index (χ0n) is 13.9. The SMILES string of the molecule is Cc1c(C(N)=O)cc(-c2ccccc2)n1CCCc1ccccc1. The second-order valence-electron chi connectivity index (χ2n) is 6.00. The molecule has 0 bridgehead atoms. The highest BCUT2D eigenvalue weighted by molar-refractivity contribution is 5.95. The van der Waals surface area contributed by atoms with Gasteiger partial charge in [0.2, 0.25) is 0 Å². The molecule has 0 unspecified atom stereocenters. The van der Waals surface area contributed by atoms with Crippen LogP contribution >= 0.6 is 0 Å². The Balaban J connectivity index is 1.86. The predicted molar refractivity (Wildman–Crippen MR) is 97.9 cm³/mol. The Labute approximate surface area is 142 Å². The molecule has 3 aromatic rings. The third-order valence-corrected chi connectivity index (χ3v) is 4.39. The van der Waals surface area contributed by atoms with E-state index < -0.39 is 0 Å². The van der Waals surface area contributed by atoms with Crippen LogP contribution < -0.4 is 5.73 Å². The number of carbonyl (C=O) groups excluding carboxylic acids is 1. The average molecular weight is 318 g/mol. The third kappa shape index (κ3) is 3.40. The number of amides is 1. The number of carbonyl (C=O) groups is 1. The van der Waals surface area contributed by atoms with E-state index in [1.807, 2.05) is 37.3 Å². The molecule has 0 aliphatic heterocycles. The summed E-state index contributed by atoms with van der Waals surface area (Å²) >= 11 is 0. The Bertz CT molecular complexity index is 820. The number of hydrogen-bond acceptors (Lipinski definition) is 1. The van der Waals surface area contributed by atoms with Crippen LogP contribution in [0.3, 0.4) is 0 Å². The standard InChI is InChI=1S/C21H22N2O/c1-16-19(21(22)24)15-20(18-12-6-3-7-13-18)23(16)14-8-11-17-9-4-2-5-10-17/h2-7,9-10,12-13,15H,8,11,14H2,1H3,(H2,22,24). The van der Waals surface area contributed by atoms with E-state index in [4.69, 9.17) is 5.73 Å². The Morgan fingerprint density at radius 1 is 1.00 bits per heavy atom. The van der Waals surface area contributed by atoms with Gasteiger partial charge in [-0.05, 0) is 37.0 Å². The van der Waals surface area contributed by atoms with E-state index in [0.717, 1.165) is 36.3 Å². The molecule has 3 rings (SSSR count). The van der Waals surface area contributed by atoms with Crippen molar-refractivity contribution in [1.82, 2.24) is 4.57 Å². The van der Waals surface area contributed by atoms with Crippen LogP contribution in [0.25, 0.3) is 11.3 Å². The first kappa shape index (κ1) is 16.1. The molecule has 1 amide bonds. The van der Waals surface area contributed by atoms with Gasteiger partial charge >= 0.3 is 0 Å². The van der Waals surface area contributed by atoms with Gasteiger partial charge in [-0.3, -0.25) is 4.79 Å². The lowest BCUT2D eigenvalue weighted by atomic mass is 10.1. The van der Waals surface area contributed by atoms with Gasteiger partial charge in [0, 0.05) is 17.9 Å². The van der Waals surface area contributed by atoms with Gasteiger partial charge < -0.3 is 10.3 Å². The number of rotatable bonds is 6. The number of benzene rings is 2. The lowest BCUT2D eigenvalue weighted by Gasteiger charge is -2.12. The maximum atomic E-state index is 11.7. The zero-order chi connectivity index (χ0) is 16.9. The molecule has 0 aliphatic carbocycles. The van der Waals surface area contributed by atoms with Crippen molar-refractivity contribution in [2.75, 3.05) is 0 Å². The quantitative estimate of drug-likeness (QED) is 0.727. The maximum Gasteiger partial charge on any atom is 0.250 e. The first-order valence-corrected chi connectivity index (χ1v) is 8.26. The summed E-state index contributed by atoms with van der Waals surface area (Å²) in [4.78, 5) is 11.7. The van der Waals surface area contributed by atoms with E-state index >= 15 is 0 Å². The van der Waals surface area contributed by atoms with Crippen LogP contribution in [0, 0.1) is 6.92 Å². The fourth-order valence-electron chi connectivity index (χ4n) is 3.12. The molecule has 0 saturated heterocycles. The fraction of sp³-hybridized carbons (Fsp3) is 0.190. The van der Waals surface area contributed by atoms with Crippen molar-refractivity contribution in [2.45, 2.75) is 26.3 Å². The second-order valence-corrected chi connectivity index (χ2v) is 6.00. The molecule has 0 saturated carbocycles. The molecule has 3 heteroatoms. The molecule has 122 valence electrons. The van der Waals surface area contributed by atoms with E-state index in [1.54, 1.807) is 0 Å². The van der Waals surface area contributed by atoms with Gasteiger partial charge in [-0.25, -0.2) is 0 Å². The average Bonchev–Trinajstić information content (AvgIpc) is 2.94. The van der Waals surface area contributed by atoms with Crippen LogP contribution in [-0.4, -0.2) is 10.5 Å². The predicted octanol–water partition coefficient (Wildman–Crippen LogP) is 4.20. The monoisotopic (exact) mass is 318 g/mol. The van der Waals surface area contributed by atoms with E-state index in [9.17, 15) is 4.79 Å². The summed E-state index contributed by atoms with van der Waals surface area (Å²) in [6.45, 7) is 2.83. The molecule has 1 aromatic heterocycles. The zero-order valence-corrected chi connectivity index (χ0v) is 13.9. The smallest absolute Gasteiger partial charge is 0.250 e. The van der Waals surface area contributed by atoms with Crippen molar-refractivity contribution in [3.63, 3.8) is 0 Å². The molecule has 0 fully saturated rings. The van der Waals surface area contributed by atoms with Gasteiger partial charge in [0.1, 0.15) is 0 Å². The lowest BCUT2D eigenvalue weighted by Crippen LogP contribution is -2.12. The minimum absolute atomic E-state index is 0.369. The molecule has 0 aliphatic rings. The highest BCUT2D eigenvalue weighted by atomic mass is 16.1. The number of aryl methyl sites for hydroxylation is 1. The van der Waals surface area contributed by atoms with Gasteiger partial charge in [-0.15, -0.1) is 0 Å². The molecular formula is C21H22N2O. The summed E-state index contributed by atoms with van der Waals surface area (Å²) in [6, 6.07) is 22.5. The summed E-state index contributed by atoms with van der Waals surface area (Å²) in [6.07, 6.45) is 2.02. The Morgan fingerprint density at radius 3 is 2.25 bits per heavy atom. The number of nitrogens with two attached hydrogens (primary N) is 1. The topological polar surface area (TPSA) is 48.0 Å². The number of nitrogens with zero attached hydrogens (tertiary/aromatic N) is 1. The molecule has 0 atom stereocenters. The molecule has 2 N–H and O–H groups in total. The summed E-state index contributed by atoms with van der Waals surface area (Å²) < 4.78 is 2.21. The first-order valence-electron chi connectivity index (χ1n) is 8.26. The molecule has 24 heavy (non-hydrogen) atoms. The van der Waals surface area contributed by atoms with E-state index in [1.165, 1.54) is 5.56 Å². The van der Waals surface area contributed by atoms with Gasteiger partial charge in [0.25, 0.3) is 5.91 Å². The van der Waals surface area contributed by atoms with Crippen LogP contribution in [0.4, 0.5) is 0 Å². The normalized spacial score (nSPS) is 10.7. The highest BCUT2D eigenvalue weighted by Crippen LogP contribution is 2.26. The van der Waals surface area contributed by atoms with Crippen molar-refractivity contribution < 1.29 is 4.79 Å². The number of primary amides is 1. The van der Waals surface area contributed by atoms with Crippen LogP contribution in [0.1, 0.15) is 28.0 Å². The molecule has 3 nitrogen and oxygen atoms in total. The Kier molecular flexibility index (Phi) is 4.80. The van der Waals surface area contributed by atoms with E-state index in [2.05, 4.69) is 41.0 Å². The molecular weight excluding hydrogens is 296 g/mol. The Hall–Kier alpha value is -2.81. The second kappa shape index (κ2) is 7.18. The first-order chi connectivity index (χ1) is 11.7. The van der Waals surface area contributed by atoms with Gasteiger partial charge in [0.15, 0.2) is 0 Å². The van der Waals surface area contributed by atoms with Crippen molar-refractivity contribution in [3.05, 3.63) is 83.6 Å². The van der Waals surface area contributed by atoms with Crippen molar-refractivity contribution in [3.8, 4) is 11.3 Å². The van der Waals surface area contributed by atoms with Gasteiger partial charge in [-0.2, -0.15) is 0 Å². The largest absolute Gasteiger partial charge is 0.366 e.